The molecule has 1 atom stereocenters. The molecule has 0 saturated carbocycles. The van der Waals surface area contributed by atoms with Crippen LogP contribution in [0.15, 0.2) is 122 Å². The molecule has 0 heterocycles. The van der Waals surface area contributed by atoms with E-state index in [9.17, 15) is 9.59 Å². The Bertz CT molecular complexity index is 1220. The highest BCUT2D eigenvalue weighted by molar-refractivity contribution is 5.70. The maximum Gasteiger partial charge on any atom is 0.306 e. The van der Waals surface area contributed by atoms with E-state index in [0.29, 0.717) is 19.4 Å². The molecule has 58 heavy (non-hydrogen) atoms. The Morgan fingerprint density at radius 3 is 1.31 bits per heavy atom. The molecule has 0 amide bonds. The molecule has 0 aliphatic rings. The summed E-state index contributed by atoms with van der Waals surface area (Å²) in [5, 5.41) is 0. The summed E-state index contributed by atoms with van der Waals surface area (Å²) >= 11 is 0. The van der Waals surface area contributed by atoms with E-state index >= 15 is 0 Å². The van der Waals surface area contributed by atoms with Gasteiger partial charge >= 0.3 is 11.9 Å². The molecule has 0 aliphatic heterocycles. The summed E-state index contributed by atoms with van der Waals surface area (Å²) in [6, 6.07) is 0. The van der Waals surface area contributed by atoms with Crippen molar-refractivity contribution in [1.82, 2.24) is 0 Å². The topological polar surface area (TPSA) is 61.8 Å². The summed E-state index contributed by atoms with van der Waals surface area (Å²) in [5.74, 6) is -0.554. The largest absolute Gasteiger partial charge is 0.462 e. The van der Waals surface area contributed by atoms with Crippen LogP contribution >= 0.6 is 0 Å². The lowest BCUT2D eigenvalue weighted by Gasteiger charge is -2.18. The lowest BCUT2D eigenvalue weighted by atomic mass is 10.1. The van der Waals surface area contributed by atoms with E-state index in [0.717, 1.165) is 89.9 Å². The second kappa shape index (κ2) is 47.7. The monoisotopic (exact) mass is 801 g/mol. The minimum absolute atomic E-state index is 0.00652. The summed E-state index contributed by atoms with van der Waals surface area (Å²) in [6.45, 7) is 7.25. The summed E-state index contributed by atoms with van der Waals surface area (Å²) in [6.07, 6.45) is 66.6. The Balaban J connectivity index is 4.52. The van der Waals surface area contributed by atoms with Crippen LogP contribution in [0.1, 0.15) is 175 Å². The van der Waals surface area contributed by atoms with E-state index in [1.54, 1.807) is 0 Å². The van der Waals surface area contributed by atoms with Gasteiger partial charge in [0.05, 0.1) is 13.2 Å². The minimum atomic E-state index is -0.615. The van der Waals surface area contributed by atoms with Crippen LogP contribution in [-0.4, -0.2) is 37.9 Å². The van der Waals surface area contributed by atoms with E-state index in [2.05, 4.69) is 136 Å². The standard InChI is InChI=1S/C53H84O5/c1-4-7-10-13-16-19-22-25-26-27-30-33-36-39-42-45-48-56-49-51(58-53(55)47-44-41-38-35-32-29-24-21-18-15-12-9-6-3)50-57-52(54)46-43-40-37-34-31-28-23-20-17-14-11-8-5-2/h7-8,10-11,16-17,19-21,24-26,28,30-31,33,37,39-40,42,51H,4-6,9,12-15,18,22-23,27,29,32,34-36,38,41,43-50H2,1-3H3/b10-7-,11-8-,19-16-,20-17-,24-21-,26-25-,31-28-,33-30-,40-37-,42-39-. The van der Waals surface area contributed by atoms with Crippen LogP contribution in [0, 0.1) is 0 Å². The molecular formula is C53H84O5. The Labute approximate surface area is 356 Å². The van der Waals surface area contributed by atoms with Crippen LogP contribution in [0.4, 0.5) is 0 Å². The smallest absolute Gasteiger partial charge is 0.306 e. The van der Waals surface area contributed by atoms with E-state index < -0.39 is 6.10 Å². The second-order valence-electron chi connectivity index (χ2n) is 14.5. The zero-order valence-electron chi connectivity index (χ0n) is 37.3. The van der Waals surface area contributed by atoms with Crippen molar-refractivity contribution < 1.29 is 23.8 Å². The molecule has 0 spiro atoms. The number of allylic oxidation sites excluding steroid dienone is 19. The number of carbonyl (C=O) groups is 2. The number of rotatable bonds is 40. The summed E-state index contributed by atoms with van der Waals surface area (Å²) < 4.78 is 17.1. The summed E-state index contributed by atoms with van der Waals surface area (Å²) in [7, 11) is 0. The summed E-state index contributed by atoms with van der Waals surface area (Å²) in [5.41, 5.74) is 0. The maximum atomic E-state index is 12.7. The predicted octanol–water partition coefficient (Wildman–Crippen LogP) is 15.4. The Kier molecular flexibility index (Phi) is 44.6. The number of ether oxygens (including phenoxy) is 3. The van der Waals surface area contributed by atoms with Crippen molar-refractivity contribution in [2.75, 3.05) is 19.8 Å². The Morgan fingerprint density at radius 2 is 0.810 bits per heavy atom. The lowest BCUT2D eigenvalue weighted by Crippen LogP contribution is -2.30. The van der Waals surface area contributed by atoms with Crippen molar-refractivity contribution >= 4 is 11.9 Å². The van der Waals surface area contributed by atoms with Gasteiger partial charge in [0.2, 0.25) is 0 Å². The van der Waals surface area contributed by atoms with Gasteiger partial charge in [-0.2, -0.15) is 0 Å². The molecule has 0 aromatic rings. The van der Waals surface area contributed by atoms with Crippen LogP contribution in [0.5, 0.6) is 0 Å². The third kappa shape index (κ3) is 45.0. The molecule has 326 valence electrons. The van der Waals surface area contributed by atoms with E-state index in [1.807, 2.05) is 6.08 Å². The normalized spacial score (nSPS) is 13.4. The molecule has 0 fully saturated rings. The Morgan fingerprint density at radius 1 is 0.397 bits per heavy atom. The number of hydrogen-bond acceptors (Lipinski definition) is 5. The lowest BCUT2D eigenvalue weighted by molar-refractivity contribution is -0.162. The number of esters is 2. The minimum Gasteiger partial charge on any atom is -0.462 e. The van der Waals surface area contributed by atoms with Crippen molar-refractivity contribution in [2.45, 2.75) is 181 Å². The molecule has 0 N–H and O–H groups in total. The molecule has 0 aromatic carbocycles. The maximum absolute atomic E-state index is 12.7. The van der Waals surface area contributed by atoms with Gasteiger partial charge in [-0.25, -0.2) is 0 Å². The molecule has 0 aromatic heterocycles. The van der Waals surface area contributed by atoms with Gasteiger partial charge in [-0.05, 0) is 103 Å². The molecule has 0 aliphatic carbocycles. The quantitative estimate of drug-likeness (QED) is 0.0351. The summed E-state index contributed by atoms with van der Waals surface area (Å²) in [4.78, 5) is 25.2. The fraction of sp³-hybridized carbons (Fsp3) is 0.585. The van der Waals surface area contributed by atoms with E-state index in [1.165, 1.54) is 44.9 Å². The SMILES string of the molecule is CC/C=C\C/C=C\C/C=C\C/C=C\C/C=C\CCOCC(COC(=O)CC/C=C\C/C=C\C/C=C\C/C=C\CC)OC(=O)CCCCCCC/C=C\CCCCCC. The van der Waals surface area contributed by atoms with Crippen molar-refractivity contribution in [2.24, 2.45) is 0 Å². The second-order valence-corrected chi connectivity index (χ2v) is 14.5. The van der Waals surface area contributed by atoms with Crippen molar-refractivity contribution in [1.29, 1.82) is 0 Å². The van der Waals surface area contributed by atoms with Crippen molar-refractivity contribution in [3.63, 3.8) is 0 Å². The van der Waals surface area contributed by atoms with Gasteiger partial charge in [0.1, 0.15) is 6.61 Å². The number of hydrogen-bond donors (Lipinski definition) is 0. The van der Waals surface area contributed by atoms with Crippen LogP contribution in [0.2, 0.25) is 0 Å². The molecule has 0 rings (SSSR count). The highest BCUT2D eigenvalue weighted by Crippen LogP contribution is 2.11. The average molecular weight is 801 g/mol. The molecule has 5 nitrogen and oxygen atoms in total. The molecule has 5 heteroatoms. The van der Waals surface area contributed by atoms with Gasteiger partial charge in [-0.3, -0.25) is 9.59 Å². The van der Waals surface area contributed by atoms with Gasteiger partial charge in [0.25, 0.3) is 0 Å². The zero-order valence-corrected chi connectivity index (χ0v) is 37.3. The van der Waals surface area contributed by atoms with Crippen molar-refractivity contribution in [3.05, 3.63) is 122 Å². The van der Waals surface area contributed by atoms with Gasteiger partial charge in [0, 0.05) is 12.8 Å². The fourth-order valence-electron chi connectivity index (χ4n) is 5.64. The average Bonchev–Trinajstić information content (AvgIpc) is 3.22. The molecule has 0 saturated heterocycles. The van der Waals surface area contributed by atoms with Gasteiger partial charge in [-0.15, -0.1) is 0 Å². The Hall–Kier alpha value is -3.70. The third-order valence-corrected chi connectivity index (χ3v) is 9.00. The number of unbranched alkanes of at least 4 members (excludes halogenated alkanes) is 9. The fourth-order valence-corrected chi connectivity index (χ4v) is 5.64. The highest BCUT2D eigenvalue weighted by atomic mass is 16.6. The van der Waals surface area contributed by atoms with E-state index in [4.69, 9.17) is 14.2 Å². The first-order valence-electron chi connectivity index (χ1n) is 23.1. The first kappa shape index (κ1) is 54.3. The van der Waals surface area contributed by atoms with Crippen LogP contribution in [-0.2, 0) is 23.8 Å². The van der Waals surface area contributed by atoms with Crippen molar-refractivity contribution in [3.8, 4) is 0 Å². The molecule has 0 bridgehead atoms. The first-order valence-corrected chi connectivity index (χ1v) is 23.1. The molecular weight excluding hydrogens is 717 g/mol. The molecule has 0 radical (unpaired) electrons. The molecule has 1 unspecified atom stereocenters. The van der Waals surface area contributed by atoms with Crippen LogP contribution in [0.3, 0.4) is 0 Å². The first-order chi connectivity index (χ1) is 28.6. The van der Waals surface area contributed by atoms with Gasteiger partial charge < -0.3 is 14.2 Å². The predicted molar refractivity (Wildman–Crippen MR) is 251 cm³/mol. The third-order valence-electron chi connectivity index (χ3n) is 9.00. The van der Waals surface area contributed by atoms with E-state index in [-0.39, 0.29) is 31.6 Å². The number of carbonyl (C=O) groups excluding carboxylic acids is 2. The van der Waals surface area contributed by atoms with Gasteiger partial charge in [0.15, 0.2) is 6.10 Å². The zero-order chi connectivity index (χ0) is 42.1. The van der Waals surface area contributed by atoms with Gasteiger partial charge in [-0.1, -0.05) is 181 Å². The van der Waals surface area contributed by atoms with Crippen LogP contribution in [0.25, 0.3) is 0 Å². The van der Waals surface area contributed by atoms with Crippen LogP contribution < -0.4 is 0 Å². The highest BCUT2D eigenvalue weighted by Gasteiger charge is 2.17.